The second kappa shape index (κ2) is 8.01. The maximum Gasteiger partial charge on any atom is 0.188 e. The van der Waals surface area contributed by atoms with Crippen molar-refractivity contribution in [2.75, 3.05) is 6.54 Å². The number of benzene rings is 1. The zero-order chi connectivity index (χ0) is 14.6. The van der Waals surface area contributed by atoms with E-state index in [1.165, 1.54) is 30.4 Å². The van der Waals surface area contributed by atoms with Crippen LogP contribution in [0.3, 0.4) is 0 Å². The second-order valence-electron chi connectivity index (χ2n) is 6.83. The van der Waals surface area contributed by atoms with Crippen LogP contribution in [0, 0.1) is 5.92 Å². The van der Waals surface area contributed by atoms with Crippen LogP contribution in [0.5, 0.6) is 0 Å². The molecule has 0 aliphatic heterocycles. The van der Waals surface area contributed by atoms with Crippen molar-refractivity contribution in [2.24, 2.45) is 16.6 Å². The van der Waals surface area contributed by atoms with Gasteiger partial charge < -0.3 is 11.1 Å². The first-order chi connectivity index (χ1) is 9.45. The van der Waals surface area contributed by atoms with Crippen LogP contribution >= 0.6 is 24.0 Å². The molecule has 1 fully saturated rings. The molecule has 1 aliphatic carbocycles. The minimum atomic E-state index is 0. The quantitative estimate of drug-likeness (QED) is 0.458. The van der Waals surface area contributed by atoms with E-state index in [-0.39, 0.29) is 29.4 Å². The van der Waals surface area contributed by atoms with Gasteiger partial charge in [-0.15, -0.1) is 24.0 Å². The Labute approximate surface area is 145 Å². The summed E-state index contributed by atoms with van der Waals surface area (Å²) >= 11 is 0. The predicted molar refractivity (Wildman–Crippen MR) is 101 cm³/mol. The van der Waals surface area contributed by atoms with Crippen LogP contribution in [-0.4, -0.2) is 12.5 Å². The molecule has 21 heavy (non-hydrogen) atoms. The van der Waals surface area contributed by atoms with Gasteiger partial charge in [-0.25, -0.2) is 4.99 Å². The second-order valence-corrected chi connectivity index (χ2v) is 6.83. The number of rotatable bonds is 4. The topological polar surface area (TPSA) is 50.4 Å². The maximum atomic E-state index is 5.89. The molecule has 2 rings (SSSR count). The Morgan fingerprint density at radius 3 is 2.33 bits per heavy atom. The highest BCUT2D eigenvalue weighted by molar-refractivity contribution is 14.0. The lowest BCUT2D eigenvalue weighted by Gasteiger charge is -2.25. The Morgan fingerprint density at radius 1 is 1.24 bits per heavy atom. The average molecular weight is 401 g/mol. The van der Waals surface area contributed by atoms with E-state index in [2.05, 4.69) is 55.3 Å². The van der Waals surface area contributed by atoms with Gasteiger partial charge in [-0.05, 0) is 35.3 Å². The van der Waals surface area contributed by atoms with Crippen molar-refractivity contribution in [2.45, 2.75) is 52.0 Å². The molecule has 3 N–H and O–H groups in total. The molecule has 0 heterocycles. The van der Waals surface area contributed by atoms with Gasteiger partial charge in [0.1, 0.15) is 0 Å². The van der Waals surface area contributed by atoms with Crippen molar-refractivity contribution >= 4 is 29.9 Å². The molecule has 0 atom stereocenters. The summed E-state index contributed by atoms with van der Waals surface area (Å²) in [5.74, 6) is 1.37. The van der Waals surface area contributed by atoms with Crippen molar-refractivity contribution in [3.63, 3.8) is 0 Å². The van der Waals surface area contributed by atoms with Crippen molar-refractivity contribution in [1.29, 1.82) is 0 Å². The number of aliphatic imine (C=N–C) groups is 1. The molecule has 0 radical (unpaired) electrons. The maximum absolute atomic E-state index is 5.89. The van der Waals surface area contributed by atoms with Gasteiger partial charge in [0.25, 0.3) is 0 Å². The third-order valence-electron chi connectivity index (χ3n) is 4.05. The van der Waals surface area contributed by atoms with E-state index in [0.717, 1.165) is 12.5 Å². The van der Waals surface area contributed by atoms with Crippen molar-refractivity contribution in [3.05, 3.63) is 35.4 Å². The van der Waals surface area contributed by atoms with E-state index in [9.17, 15) is 0 Å². The zero-order valence-corrected chi connectivity index (χ0v) is 15.7. The van der Waals surface area contributed by atoms with E-state index in [1.807, 2.05) is 0 Å². The Kier molecular flexibility index (Phi) is 6.97. The van der Waals surface area contributed by atoms with Crippen molar-refractivity contribution in [3.8, 4) is 0 Å². The molecule has 0 saturated heterocycles. The lowest BCUT2D eigenvalue weighted by Crippen LogP contribution is -2.37. The Hall–Kier alpha value is -0.780. The largest absolute Gasteiger partial charge is 0.370 e. The van der Waals surface area contributed by atoms with Crippen LogP contribution in [0.15, 0.2) is 29.3 Å². The third-order valence-corrected chi connectivity index (χ3v) is 4.05. The molecular formula is C17H28IN3. The summed E-state index contributed by atoms with van der Waals surface area (Å²) in [7, 11) is 0. The molecular weight excluding hydrogens is 373 g/mol. The fourth-order valence-corrected chi connectivity index (χ4v) is 2.29. The SMILES string of the molecule is CC(C)(C)c1ccc(CN=C(N)NCC2CCC2)cc1.I. The minimum absolute atomic E-state index is 0. The summed E-state index contributed by atoms with van der Waals surface area (Å²) in [4.78, 5) is 4.40. The highest BCUT2D eigenvalue weighted by Gasteiger charge is 2.16. The molecule has 0 amide bonds. The molecule has 1 aromatic rings. The predicted octanol–water partition coefficient (Wildman–Crippen LogP) is 3.81. The summed E-state index contributed by atoms with van der Waals surface area (Å²) in [5, 5.41) is 3.22. The van der Waals surface area contributed by atoms with Crippen LogP contribution < -0.4 is 11.1 Å². The summed E-state index contributed by atoms with van der Waals surface area (Å²) in [6, 6.07) is 8.65. The van der Waals surface area contributed by atoms with Crippen LogP contribution in [0.4, 0.5) is 0 Å². The Bertz CT molecular complexity index is 456. The number of nitrogens with zero attached hydrogens (tertiary/aromatic N) is 1. The lowest BCUT2D eigenvalue weighted by molar-refractivity contribution is 0.315. The number of hydrogen-bond donors (Lipinski definition) is 2. The van der Waals surface area contributed by atoms with Gasteiger partial charge in [0.2, 0.25) is 0 Å². The molecule has 0 unspecified atom stereocenters. The monoisotopic (exact) mass is 401 g/mol. The number of hydrogen-bond acceptors (Lipinski definition) is 1. The first kappa shape index (κ1) is 18.3. The van der Waals surface area contributed by atoms with E-state index in [0.29, 0.717) is 12.5 Å². The molecule has 4 heteroatoms. The number of guanidine groups is 1. The summed E-state index contributed by atoms with van der Waals surface area (Å²) < 4.78 is 0. The lowest BCUT2D eigenvalue weighted by atomic mass is 9.85. The van der Waals surface area contributed by atoms with Crippen LogP contribution in [0.2, 0.25) is 0 Å². The van der Waals surface area contributed by atoms with Gasteiger partial charge in [-0.1, -0.05) is 51.5 Å². The molecule has 3 nitrogen and oxygen atoms in total. The number of halogens is 1. The number of nitrogens with one attached hydrogen (secondary N) is 1. The molecule has 0 spiro atoms. The van der Waals surface area contributed by atoms with Crippen LogP contribution in [0.25, 0.3) is 0 Å². The van der Waals surface area contributed by atoms with Crippen LogP contribution in [-0.2, 0) is 12.0 Å². The van der Waals surface area contributed by atoms with E-state index in [1.54, 1.807) is 0 Å². The first-order valence-corrected chi connectivity index (χ1v) is 7.58. The molecule has 118 valence electrons. The first-order valence-electron chi connectivity index (χ1n) is 7.58. The standard InChI is InChI=1S/C17H27N3.HI/c1-17(2,3)15-9-7-14(8-10-15)12-20-16(18)19-11-13-5-4-6-13;/h7-10,13H,4-6,11-12H2,1-3H3,(H3,18,19,20);1H. The van der Waals surface area contributed by atoms with E-state index in [4.69, 9.17) is 5.73 Å². The van der Waals surface area contributed by atoms with Gasteiger partial charge in [-0.3, -0.25) is 0 Å². The minimum Gasteiger partial charge on any atom is -0.370 e. The molecule has 1 aliphatic rings. The average Bonchev–Trinajstić information content (AvgIpc) is 2.34. The smallest absolute Gasteiger partial charge is 0.188 e. The van der Waals surface area contributed by atoms with Gasteiger partial charge in [0.05, 0.1) is 6.54 Å². The van der Waals surface area contributed by atoms with E-state index < -0.39 is 0 Å². The van der Waals surface area contributed by atoms with Crippen molar-refractivity contribution in [1.82, 2.24) is 5.32 Å². The summed E-state index contributed by atoms with van der Waals surface area (Å²) in [6.45, 7) is 8.29. The van der Waals surface area contributed by atoms with Gasteiger partial charge in [0, 0.05) is 6.54 Å². The zero-order valence-electron chi connectivity index (χ0n) is 13.4. The molecule has 0 bridgehead atoms. The molecule has 1 saturated carbocycles. The fourth-order valence-electron chi connectivity index (χ4n) is 2.29. The van der Waals surface area contributed by atoms with Crippen LogP contribution in [0.1, 0.15) is 51.2 Å². The van der Waals surface area contributed by atoms with Crippen molar-refractivity contribution < 1.29 is 0 Å². The van der Waals surface area contributed by atoms with Gasteiger partial charge in [0.15, 0.2) is 5.96 Å². The highest BCUT2D eigenvalue weighted by Crippen LogP contribution is 2.25. The highest BCUT2D eigenvalue weighted by atomic mass is 127. The number of nitrogens with two attached hydrogens (primary N) is 1. The van der Waals surface area contributed by atoms with Gasteiger partial charge >= 0.3 is 0 Å². The summed E-state index contributed by atoms with van der Waals surface area (Å²) in [5.41, 5.74) is 8.64. The fraction of sp³-hybridized carbons (Fsp3) is 0.588. The normalized spacial score (nSPS) is 16.0. The van der Waals surface area contributed by atoms with Gasteiger partial charge in [-0.2, -0.15) is 0 Å². The Balaban J connectivity index is 0.00000220. The Morgan fingerprint density at radius 2 is 1.86 bits per heavy atom. The summed E-state index contributed by atoms with van der Waals surface area (Å²) in [6.07, 6.45) is 4.02. The van der Waals surface area contributed by atoms with E-state index >= 15 is 0 Å². The third kappa shape index (κ3) is 5.85. The molecule has 0 aromatic heterocycles. The molecule has 1 aromatic carbocycles.